The molecule has 0 unspecified atom stereocenters. The lowest BCUT2D eigenvalue weighted by Crippen LogP contribution is -2.07. The third-order valence-corrected chi connectivity index (χ3v) is 2.97. The van der Waals surface area contributed by atoms with E-state index in [1.807, 2.05) is 6.92 Å². The Labute approximate surface area is 102 Å². The highest BCUT2D eigenvalue weighted by atomic mass is 32.1. The SMILES string of the molecule is CCOC(=O)c1nc(-c2cnc(C)s2)n(C)n1. The van der Waals surface area contributed by atoms with Crippen molar-refractivity contribution < 1.29 is 9.53 Å². The molecule has 0 aliphatic heterocycles. The molecule has 0 N–H and O–H groups in total. The van der Waals surface area contributed by atoms with Crippen LogP contribution in [0.1, 0.15) is 22.6 Å². The number of hydrogen-bond donors (Lipinski definition) is 0. The summed E-state index contributed by atoms with van der Waals surface area (Å²) in [5.74, 6) is 0.199. The van der Waals surface area contributed by atoms with Gasteiger partial charge in [-0.15, -0.1) is 16.4 Å². The number of rotatable bonds is 3. The largest absolute Gasteiger partial charge is 0.460 e. The Morgan fingerprint density at radius 1 is 1.59 bits per heavy atom. The molecule has 0 spiro atoms. The minimum absolute atomic E-state index is 0.0791. The van der Waals surface area contributed by atoms with Crippen LogP contribution in [0.25, 0.3) is 10.7 Å². The highest BCUT2D eigenvalue weighted by molar-refractivity contribution is 7.14. The standard InChI is InChI=1S/C10H12N4O2S/c1-4-16-10(15)8-12-9(14(3)13-8)7-5-11-6(2)17-7/h5H,4H2,1-3H3. The molecule has 2 rings (SSSR count). The van der Waals surface area contributed by atoms with Gasteiger partial charge < -0.3 is 4.74 Å². The van der Waals surface area contributed by atoms with Crippen LogP contribution in [-0.4, -0.2) is 32.3 Å². The summed E-state index contributed by atoms with van der Waals surface area (Å²) in [5, 5.41) is 4.97. The molecule has 0 atom stereocenters. The molecular formula is C10H12N4O2S. The smallest absolute Gasteiger partial charge is 0.378 e. The zero-order valence-corrected chi connectivity index (χ0v) is 10.6. The van der Waals surface area contributed by atoms with Crippen molar-refractivity contribution in [3.05, 3.63) is 17.0 Å². The van der Waals surface area contributed by atoms with Crippen molar-refractivity contribution in [1.29, 1.82) is 0 Å². The van der Waals surface area contributed by atoms with Crippen LogP contribution in [0.3, 0.4) is 0 Å². The molecule has 0 fully saturated rings. The van der Waals surface area contributed by atoms with Gasteiger partial charge in [-0.2, -0.15) is 4.98 Å². The Morgan fingerprint density at radius 3 is 2.94 bits per heavy atom. The molecule has 2 aromatic heterocycles. The number of hydrogen-bond acceptors (Lipinski definition) is 6. The van der Waals surface area contributed by atoms with Crippen LogP contribution in [0, 0.1) is 6.92 Å². The number of ether oxygens (including phenoxy) is 1. The Balaban J connectivity index is 2.34. The zero-order chi connectivity index (χ0) is 12.4. The van der Waals surface area contributed by atoms with Crippen molar-refractivity contribution in [2.24, 2.45) is 7.05 Å². The number of esters is 1. The second-order valence-corrected chi connectivity index (χ2v) is 4.58. The van der Waals surface area contributed by atoms with E-state index >= 15 is 0 Å². The number of aryl methyl sites for hydroxylation is 2. The van der Waals surface area contributed by atoms with E-state index in [9.17, 15) is 4.79 Å². The van der Waals surface area contributed by atoms with Gasteiger partial charge in [0, 0.05) is 13.2 Å². The molecule has 2 heterocycles. The van der Waals surface area contributed by atoms with Crippen molar-refractivity contribution in [3.8, 4) is 10.7 Å². The van der Waals surface area contributed by atoms with E-state index in [1.165, 1.54) is 11.3 Å². The van der Waals surface area contributed by atoms with E-state index in [1.54, 1.807) is 24.9 Å². The average Bonchev–Trinajstić information content (AvgIpc) is 2.85. The molecule has 90 valence electrons. The summed E-state index contributed by atoms with van der Waals surface area (Å²) in [7, 11) is 1.74. The van der Waals surface area contributed by atoms with Gasteiger partial charge in [0.2, 0.25) is 0 Å². The first-order valence-corrected chi connectivity index (χ1v) is 5.94. The van der Waals surface area contributed by atoms with Gasteiger partial charge in [-0.05, 0) is 13.8 Å². The lowest BCUT2D eigenvalue weighted by molar-refractivity contribution is 0.0512. The molecule has 0 amide bonds. The monoisotopic (exact) mass is 252 g/mol. The third-order valence-electron chi connectivity index (χ3n) is 2.06. The molecule has 0 bridgehead atoms. The third kappa shape index (κ3) is 2.33. The summed E-state index contributed by atoms with van der Waals surface area (Å²) >= 11 is 1.51. The van der Waals surface area contributed by atoms with Gasteiger partial charge >= 0.3 is 5.97 Å². The topological polar surface area (TPSA) is 69.9 Å². The maximum Gasteiger partial charge on any atom is 0.378 e. The van der Waals surface area contributed by atoms with E-state index in [4.69, 9.17) is 4.74 Å². The summed E-state index contributed by atoms with van der Waals surface area (Å²) in [6.45, 7) is 3.97. The summed E-state index contributed by atoms with van der Waals surface area (Å²) in [6, 6.07) is 0. The fraction of sp³-hybridized carbons (Fsp3) is 0.400. The van der Waals surface area contributed by atoms with Crippen molar-refractivity contribution in [2.75, 3.05) is 6.61 Å². The van der Waals surface area contributed by atoms with Gasteiger partial charge in [0.15, 0.2) is 5.82 Å². The highest BCUT2D eigenvalue weighted by Gasteiger charge is 2.17. The number of thiazole rings is 1. The molecule has 17 heavy (non-hydrogen) atoms. The molecular weight excluding hydrogens is 240 g/mol. The molecule has 6 nitrogen and oxygen atoms in total. The minimum Gasteiger partial charge on any atom is -0.460 e. The average molecular weight is 252 g/mol. The number of nitrogens with zero attached hydrogens (tertiary/aromatic N) is 4. The van der Waals surface area contributed by atoms with Crippen LogP contribution >= 0.6 is 11.3 Å². The first kappa shape index (κ1) is 11.7. The van der Waals surface area contributed by atoms with Gasteiger partial charge in [-0.25, -0.2) is 14.5 Å². The lowest BCUT2D eigenvalue weighted by atomic mass is 10.5. The maximum absolute atomic E-state index is 11.5. The van der Waals surface area contributed by atoms with Crippen molar-refractivity contribution in [1.82, 2.24) is 19.7 Å². The van der Waals surface area contributed by atoms with E-state index in [2.05, 4.69) is 15.1 Å². The van der Waals surface area contributed by atoms with E-state index in [-0.39, 0.29) is 5.82 Å². The lowest BCUT2D eigenvalue weighted by Gasteiger charge is -1.94. The van der Waals surface area contributed by atoms with E-state index in [0.29, 0.717) is 12.4 Å². The fourth-order valence-electron chi connectivity index (χ4n) is 1.35. The fourth-order valence-corrected chi connectivity index (χ4v) is 2.14. The van der Waals surface area contributed by atoms with Crippen molar-refractivity contribution in [3.63, 3.8) is 0 Å². The molecule has 7 heteroatoms. The van der Waals surface area contributed by atoms with Crippen LogP contribution in [0.15, 0.2) is 6.20 Å². The number of aromatic nitrogens is 4. The molecule has 0 saturated carbocycles. The first-order chi connectivity index (χ1) is 8.11. The van der Waals surface area contributed by atoms with E-state index < -0.39 is 5.97 Å². The number of carbonyl (C=O) groups excluding carboxylic acids is 1. The van der Waals surface area contributed by atoms with Gasteiger partial charge in [0.05, 0.1) is 16.5 Å². The predicted octanol–water partition coefficient (Wildman–Crippen LogP) is 1.42. The Morgan fingerprint density at radius 2 is 2.35 bits per heavy atom. The summed E-state index contributed by atoms with van der Waals surface area (Å²) < 4.78 is 6.40. The summed E-state index contributed by atoms with van der Waals surface area (Å²) in [4.78, 5) is 20.7. The second kappa shape index (κ2) is 4.62. The Hall–Kier alpha value is -1.76. The van der Waals surface area contributed by atoms with Gasteiger partial charge in [0.1, 0.15) is 0 Å². The normalized spacial score (nSPS) is 10.5. The molecule has 0 aliphatic rings. The van der Waals surface area contributed by atoms with Crippen LogP contribution in [0.4, 0.5) is 0 Å². The van der Waals surface area contributed by atoms with Crippen LogP contribution < -0.4 is 0 Å². The van der Waals surface area contributed by atoms with Crippen molar-refractivity contribution in [2.45, 2.75) is 13.8 Å². The zero-order valence-electron chi connectivity index (χ0n) is 9.80. The van der Waals surface area contributed by atoms with Crippen LogP contribution in [0.2, 0.25) is 0 Å². The minimum atomic E-state index is -0.504. The molecule has 0 aromatic carbocycles. The maximum atomic E-state index is 11.5. The molecule has 2 aromatic rings. The molecule has 0 aliphatic carbocycles. The van der Waals surface area contributed by atoms with Crippen LogP contribution in [-0.2, 0) is 11.8 Å². The summed E-state index contributed by atoms with van der Waals surface area (Å²) in [6.07, 6.45) is 1.72. The Kier molecular flexibility index (Phi) is 3.19. The molecule has 0 radical (unpaired) electrons. The predicted molar refractivity (Wildman–Crippen MR) is 62.8 cm³/mol. The van der Waals surface area contributed by atoms with Crippen LogP contribution in [0.5, 0.6) is 0 Å². The number of carbonyl (C=O) groups is 1. The second-order valence-electron chi connectivity index (χ2n) is 3.35. The molecule has 0 saturated heterocycles. The van der Waals surface area contributed by atoms with E-state index in [0.717, 1.165) is 9.88 Å². The summed E-state index contributed by atoms with van der Waals surface area (Å²) in [5.41, 5.74) is 0. The first-order valence-electron chi connectivity index (χ1n) is 5.12. The van der Waals surface area contributed by atoms with Gasteiger partial charge in [0.25, 0.3) is 5.82 Å². The highest BCUT2D eigenvalue weighted by Crippen LogP contribution is 2.23. The quantitative estimate of drug-likeness (QED) is 0.773. The van der Waals surface area contributed by atoms with Gasteiger partial charge in [-0.1, -0.05) is 0 Å². The van der Waals surface area contributed by atoms with Crippen molar-refractivity contribution >= 4 is 17.3 Å². The van der Waals surface area contributed by atoms with Gasteiger partial charge in [-0.3, -0.25) is 0 Å². The Bertz CT molecular complexity index is 546.